The van der Waals surface area contributed by atoms with E-state index in [4.69, 9.17) is 0 Å². The van der Waals surface area contributed by atoms with Crippen LogP contribution >= 0.6 is 11.8 Å². The molecule has 3 aromatic rings. The minimum atomic E-state index is -3.77. The highest BCUT2D eigenvalue weighted by Gasteiger charge is 2.48. The minimum Gasteiger partial charge on any atom is -0.252 e. The summed E-state index contributed by atoms with van der Waals surface area (Å²) in [5, 5.41) is 0. The van der Waals surface area contributed by atoms with Gasteiger partial charge in [-0.2, -0.15) is 0 Å². The first-order valence-corrected chi connectivity index (χ1v) is 11.4. The molecule has 0 radical (unpaired) electrons. The predicted molar refractivity (Wildman–Crippen MR) is 116 cm³/mol. The Kier molecular flexibility index (Phi) is 5.23. The molecule has 6 heteroatoms. The smallest absolute Gasteiger partial charge is 0.248 e. The van der Waals surface area contributed by atoms with E-state index in [0.29, 0.717) is 0 Å². The average Bonchev–Trinajstić information content (AvgIpc) is 3.26. The van der Waals surface area contributed by atoms with Gasteiger partial charge in [0.25, 0.3) is 0 Å². The summed E-state index contributed by atoms with van der Waals surface area (Å²) >= 11 is 1.53. The van der Waals surface area contributed by atoms with Crippen LogP contribution in [0.5, 0.6) is 0 Å². The Labute approximate surface area is 174 Å². The summed E-state index contributed by atoms with van der Waals surface area (Å²) < 4.78 is 40.8. The van der Waals surface area contributed by atoms with Crippen LogP contribution in [-0.4, -0.2) is 17.1 Å². The molecular weight excluding hydrogens is 405 g/mol. The van der Waals surface area contributed by atoms with Gasteiger partial charge in [0.2, 0.25) is 10.0 Å². The third-order valence-corrected chi connectivity index (χ3v) is 8.54. The zero-order chi connectivity index (χ0) is 20.5. The van der Waals surface area contributed by atoms with Gasteiger partial charge in [-0.15, -0.1) is 0 Å². The molecule has 0 spiro atoms. The van der Waals surface area contributed by atoms with Crippen LogP contribution in [0, 0.1) is 5.82 Å². The molecule has 0 fully saturated rings. The largest absolute Gasteiger partial charge is 0.252 e. The summed E-state index contributed by atoms with van der Waals surface area (Å²) in [5.41, 5.74) is 0.753. The van der Waals surface area contributed by atoms with Crippen LogP contribution in [-0.2, 0) is 10.0 Å². The first kappa shape index (κ1) is 19.7. The Morgan fingerprint density at radius 1 is 0.966 bits per heavy atom. The Hall–Kier alpha value is -2.57. The zero-order valence-corrected chi connectivity index (χ0v) is 17.4. The highest BCUT2D eigenvalue weighted by Crippen LogP contribution is 2.49. The van der Waals surface area contributed by atoms with Crippen LogP contribution < -0.4 is 0 Å². The molecule has 2 aromatic carbocycles. The van der Waals surface area contributed by atoms with Crippen LogP contribution in [0.1, 0.15) is 18.4 Å². The maximum atomic E-state index is 13.6. The first-order chi connectivity index (χ1) is 13.9. The standard InChI is InChI=1S/C23H20FNO2S2/c1-23(29(26,27)25-16-5-6-17-25)15-7-10-21(28-20-8-3-2-4-9-20)22(23)18-11-13-19(24)14-12-18/h2-17,22H,1H3. The maximum Gasteiger partial charge on any atom is 0.248 e. The predicted octanol–water partition coefficient (Wildman–Crippen LogP) is 5.59. The lowest BCUT2D eigenvalue weighted by molar-refractivity contribution is 0.533. The molecule has 3 nitrogen and oxygen atoms in total. The Morgan fingerprint density at radius 2 is 1.62 bits per heavy atom. The van der Waals surface area contributed by atoms with E-state index in [1.165, 1.54) is 27.9 Å². The second-order valence-electron chi connectivity index (χ2n) is 7.03. The summed E-state index contributed by atoms with van der Waals surface area (Å²) in [6.07, 6.45) is 8.55. The molecule has 0 saturated carbocycles. The third kappa shape index (κ3) is 3.58. The van der Waals surface area contributed by atoms with Gasteiger partial charge in [-0.05, 0) is 53.8 Å². The van der Waals surface area contributed by atoms with Gasteiger partial charge in [-0.1, -0.05) is 60.3 Å². The van der Waals surface area contributed by atoms with E-state index in [9.17, 15) is 12.8 Å². The maximum absolute atomic E-state index is 13.6. The Bertz CT molecular complexity index is 1150. The highest BCUT2D eigenvalue weighted by molar-refractivity contribution is 8.03. The fourth-order valence-corrected chi connectivity index (χ4v) is 6.63. The molecule has 148 valence electrons. The molecular formula is C23H20FNO2S2. The van der Waals surface area contributed by atoms with Crippen molar-refractivity contribution in [3.8, 4) is 0 Å². The van der Waals surface area contributed by atoms with Crippen molar-refractivity contribution in [1.29, 1.82) is 0 Å². The molecule has 29 heavy (non-hydrogen) atoms. The number of nitrogens with zero attached hydrogens (tertiary/aromatic N) is 1. The molecule has 0 saturated heterocycles. The molecule has 0 amide bonds. The molecule has 4 rings (SSSR count). The summed E-state index contributed by atoms with van der Waals surface area (Å²) in [6.45, 7) is 1.73. The fraction of sp³-hybridized carbons (Fsp3) is 0.130. The van der Waals surface area contributed by atoms with Crippen molar-refractivity contribution in [3.05, 3.63) is 114 Å². The van der Waals surface area contributed by atoms with Gasteiger partial charge in [-0.25, -0.2) is 12.8 Å². The van der Waals surface area contributed by atoms with E-state index in [1.807, 2.05) is 36.4 Å². The second kappa shape index (κ2) is 7.69. The molecule has 2 atom stereocenters. The van der Waals surface area contributed by atoms with E-state index >= 15 is 0 Å². The number of halogens is 1. The lowest BCUT2D eigenvalue weighted by Crippen LogP contribution is -2.44. The lowest BCUT2D eigenvalue weighted by Gasteiger charge is -2.38. The number of aromatic nitrogens is 1. The number of benzene rings is 2. The van der Waals surface area contributed by atoms with Crippen molar-refractivity contribution in [2.75, 3.05) is 0 Å². The summed E-state index contributed by atoms with van der Waals surface area (Å²) in [5.74, 6) is -0.831. The van der Waals surface area contributed by atoms with Crippen LogP contribution in [0.3, 0.4) is 0 Å². The Morgan fingerprint density at radius 3 is 2.28 bits per heavy atom. The van der Waals surface area contributed by atoms with Crippen LogP contribution in [0.2, 0.25) is 0 Å². The molecule has 0 bridgehead atoms. The first-order valence-electron chi connectivity index (χ1n) is 9.18. The SMILES string of the molecule is CC1(S(=O)(=O)n2cccc2)C=CC=C(Sc2ccccc2)C1c1ccc(F)cc1. The molecule has 1 heterocycles. The van der Waals surface area contributed by atoms with Gasteiger partial charge in [-0.3, -0.25) is 3.97 Å². The van der Waals surface area contributed by atoms with Gasteiger partial charge in [0.1, 0.15) is 10.6 Å². The molecule has 1 aliphatic carbocycles. The van der Waals surface area contributed by atoms with E-state index < -0.39 is 20.7 Å². The topological polar surface area (TPSA) is 39.1 Å². The van der Waals surface area contributed by atoms with E-state index in [2.05, 4.69) is 0 Å². The fourth-order valence-electron chi connectivity index (χ4n) is 3.62. The van der Waals surface area contributed by atoms with Crippen LogP contribution in [0.4, 0.5) is 4.39 Å². The van der Waals surface area contributed by atoms with E-state index in [0.717, 1.165) is 15.4 Å². The van der Waals surface area contributed by atoms with Crippen molar-refractivity contribution in [2.45, 2.75) is 22.5 Å². The zero-order valence-electron chi connectivity index (χ0n) is 15.8. The van der Waals surface area contributed by atoms with Gasteiger partial charge in [0, 0.05) is 23.2 Å². The molecule has 1 aliphatic rings. The third-order valence-electron chi connectivity index (χ3n) is 5.14. The monoisotopic (exact) mass is 425 g/mol. The molecule has 0 N–H and O–H groups in total. The number of thioether (sulfide) groups is 1. The highest BCUT2D eigenvalue weighted by atomic mass is 32.2. The van der Waals surface area contributed by atoms with Crippen molar-refractivity contribution in [3.63, 3.8) is 0 Å². The number of hydrogen-bond donors (Lipinski definition) is 0. The minimum absolute atomic E-state index is 0.351. The van der Waals surface area contributed by atoms with Gasteiger partial charge < -0.3 is 0 Å². The van der Waals surface area contributed by atoms with Crippen LogP contribution in [0.25, 0.3) is 0 Å². The van der Waals surface area contributed by atoms with Crippen molar-refractivity contribution >= 4 is 21.8 Å². The van der Waals surface area contributed by atoms with E-state index in [-0.39, 0.29) is 5.82 Å². The molecule has 2 unspecified atom stereocenters. The van der Waals surface area contributed by atoms with Crippen LogP contribution in [0.15, 0.2) is 107 Å². The number of hydrogen-bond acceptors (Lipinski definition) is 3. The molecule has 1 aromatic heterocycles. The summed E-state index contributed by atoms with van der Waals surface area (Å²) in [4.78, 5) is 1.91. The number of allylic oxidation sites excluding steroid dienone is 3. The van der Waals surface area contributed by atoms with E-state index in [1.54, 1.807) is 55.7 Å². The van der Waals surface area contributed by atoms with Gasteiger partial charge in [0.15, 0.2) is 0 Å². The summed E-state index contributed by atoms with van der Waals surface area (Å²) in [7, 11) is -3.77. The van der Waals surface area contributed by atoms with Gasteiger partial charge >= 0.3 is 0 Å². The van der Waals surface area contributed by atoms with Crippen molar-refractivity contribution in [2.24, 2.45) is 0 Å². The van der Waals surface area contributed by atoms with Crippen molar-refractivity contribution < 1.29 is 12.8 Å². The van der Waals surface area contributed by atoms with Crippen molar-refractivity contribution in [1.82, 2.24) is 3.97 Å². The quantitative estimate of drug-likeness (QED) is 0.535. The Balaban J connectivity index is 1.85. The average molecular weight is 426 g/mol. The number of rotatable bonds is 5. The normalized spacial score (nSPS) is 21.7. The van der Waals surface area contributed by atoms with Gasteiger partial charge in [0.05, 0.1) is 0 Å². The lowest BCUT2D eigenvalue weighted by atomic mass is 9.83. The molecule has 0 aliphatic heterocycles. The summed E-state index contributed by atoms with van der Waals surface area (Å²) in [6, 6.07) is 19.3. The second-order valence-corrected chi connectivity index (χ2v) is 10.4.